The SMILES string of the molecule is C=CC(=O)N1CCN([C@H]2CCC[C@@H](NC3=C\CCC/C(c4c[nH]c5ccccc45)=N/C=C\3Cl)C2)CC1. The number of fused-ring (bicyclic) bond motifs is 1. The van der Waals surface area contributed by atoms with Crippen LogP contribution in [0, 0.1) is 0 Å². The van der Waals surface area contributed by atoms with E-state index in [0.717, 1.165) is 80.8 Å². The molecule has 1 aliphatic carbocycles. The molecule has 2 atom stereocenters. The minimum Gasteiger partial charge on any atom is -0.381 e. The predicted molar refractivity (Wildman–Crippen MR) is 148 cm³/mol. The molecule has 0 unspecified atom stereocenters. The van der Waals surface area contributed by atoms with Gasteiger partial charge in [0, 0.05) is 72.8 Å². The number of rotatable bonds is 5. The Bertz CT molecular complexity index is 1190. The van der Waals surface area contributed by atoms with E-state index in [4.69, 9.17) is 16.6 Å². The number of aromatic amines is 1. The van der Waals surface area contributed by atoms with Gasteiger partial charge in [0.1, 0.15) is 0 Å². The maximum atomic E-state index is 11.9. The number of halogens is 1. The molecule has 0 radical (unpaired) electrons. The number of carbonyl (C=O) groups is 1. The van der Waals surface area contributed by atoms with E-state index < -0.39 is 0 Å². The third kappa shape index (κ3) is 5.60. The first-order valence-electron chi connectivity index (χ1n) is 13.2. The molecule has 1 amide bonds. The number of nitrogens with zero attached hydrogens (tertiary/aromatic N) is 3. The number of H-pyrrole nitrogens is 1. The summed E-state index contributed by atoms with van der Waals surface area (Å²) in [6.45, 7) is 7.07. The number of hydrogen-bond donors (Lipinski definition) is 2. The normalized spacial score (nSPS) is 28.5. The summed E-state index contributed by atoms with van der Waals surface area (Å²) in [6, 6.07) is 9.29. The number of aromatic nitrogens is 1. The van der Waals surface area contributed by atoms with E-state index >= 15 is 0 Å². The van der Waals surface area contributed by atoms with E-state index in [1.54, 1.807) is 0 Å². The fourth-order valence-electron chi connectivity index (χ4n) is 5.81. The van der Waals surface area contributed by atoms with Gasteiger partial charge in [-0.3, -0.25) is 14.7 Å². The van der Waals surface area contributed by atoms with Crippen molar-refractivity contribution >= 4 is 34.1 Å². The molecular weight excluding hydrogens is 470 g/mol. The number of carbonyl (C=O) groups excluding carboxylic acids is 1. The van der Waals surface area contributed by atoms with Crippen LogP contribution >= 0.6 is 11.6 Å². The lowest BCUT2D eigenvalue weighted by Gasteiger charge is -2.42. The van der Waals surface area contributed by atoms with Crippen LogP contribution in [0.2, 0.25) is 0 Å². The number of hydrogen-bond acceptors (Lipinski definition) is 4. The Morgan fingerprint density at radius 2 is 2.00 bits per heavy atom. The van der Waals surface area contributed by atoms with Crippen LogP contribution in [-0.2, 0) is 4.79 Å². The topological polar surface area (TPSA) is 63.7 Å². The second-order valence-electron chi connectivity index (χ2n) is 10.0. The Labute approximate surface area is 218 Å². The maximum Gasteiger partial charge on any atom is 0.246 e. The van der Waals surface area contributed by atoms with Crippen molar-refractivity contribution in [3.05, 3.63) is 71.7 Å². The number of nitrogens with one attached hydrogen (secondary N) is 2. The van der Waals surface area contributed by atoms with Crippen LogP contribution in [-0.4, -0.2) is 64.7 Å². The second kappa shape index (κ2) is 11.5. The number of allylic oxidation sites excluding steroid dienone is 2. The van der Waals surface area contributed by atoms with Crippen molar-refractivity contribution in [3.8, 4) is 0 Å². The number of aliphatic imine (C=N–C) groups is 1. The lowest BCUT2D eigenvalue weighted by Crippen LogP contribution is -2.53. The van der Waals surface area contributed by atoms with Gasteiger partial charge >= 0.3 is 0 Å². The quantitative estimate of drug-likeness (QED) is 0.539. The summed E-state index contributed by atoms with van der Waals surface area (Å²) < 4.78 is 0. The molecule has 190 valence electrons. The van der Waals surface area contributed by atoms with Gasteiger partial charge in [0.2, 0.25) is 5.91 Å². The molecule has 5 rings (SSSR count). The summed E-state index contributed by atoms with van der Waals surface area (Å²) in [7, 11) is 0. The van der Waals surface area contributed by atoms with Gasteiger partial charge in [0.25, 0.3) is 0 Å². The molecule has 0 bridgehead atoms. The van der Waals surface area contributed by atoms with Crippen molar-refractivity contribution in [2.45, 2.75) is 57.0 Å². The zero-order chi connectivity index (χ0) is 24.9. The lowest BCUT2D eigenvalue weighted by atomic mass is 9.89. The molecule has 2 aromatic rings. The summed E-state index contributed by atoms with van der Waals surface area (Å²) in [4.78, 5) is 24.6. The zero-order valence-electron chi connectivity index (χ0n) is 20.9. The average Bonchev–Trinajstić information content (AvgIpc) is 3.38. The van der Waals surface area contributed by atoms with Crippen molar-refractivity contribution < 1.29 is 4.79 Å². The first-order chi connectivity index (χ1) is 17.6. The molecular formula is C29H36ClN5O. The molecule has 3 aliphatic rings. The number of amides is 1. The molecule has 7 heteroatoms. The summed E-state index contributed by atoms with van der Waals surface area (Å²) in [5, 5.41) is 5.65. The van der Waals surface area contributed by atoms with Gasteiger partial charge in [0.05, 0.1) is 10.7 Å². The highest BCUT2D eigenvalue weighted by atomic mass is 35.5. The van der Waals surface area contributed by atoms with E-state index in [0.29, 0.717) is 17.1 Å². The van der Waals surface area contributed by atoms with Gasteiger partial charge in [-0.25, -0.2) is 0 Å². The van der Waals surface area contributed by atoms with E-state index in [-0.39, 0.29) is 5.91 Å². The molecule has 2 aliphatic heterocycles. The molecule has 2 N–H and O–H groups in total. The zero-order valence-corrected chi connectivity index (χ0v) is 21.6. The van der Waals surface area contributed by atoms with Gasteiger partial charge in [-0.2, -0.15) is 0 Å². The van der Waals surface area contributed by atoms with Crippen LogP contribution in [0.1, 0.15) is 50.5 Å². The standard InChI is InChI=1S/C29H36ClN5O/c1-2-29(36)35-16-14-34(15-17-35)22-9-7-8-21(18-22)33-28-13-6-5-12-27(32-20-25(28)30)24-19-31-26-11-4-3-10-23(24)26/h2-4,10-11,13,19-22,31,33H,1,5-9,12,14-18H2/b25-20+,28-13-,32-27-/t21-,22+/m1/s1. The summed E-state index contributed by atoms with van der Waals surface area (Å²) >= 11 is 6.80. The maximum absolute atomic E-state index is 11.9. The minimum absolute atomic E-state index is 0.0434. The molecule has 1 saturated carbocycles. The highest BCUT2D eigenvalue weighted by Crippen LogP contribution is 2.28. The summed E-state index contributed by atoms with van der Waals surface area (Å²) in [6.07, 6.45) is 15.1. The largest absolute Gasteiger partial charge is 0.381 e. The molecule has 2 fully saturated rings. The van der Waals surface area contributed by atoms with Gasteiger partial charge in [0.15, 0.2) is 0 Å². The Hall–Kier alpha value is -2.83. The van der Waals surface area contributed by atoms with Gasteiger partial charge in [-0.1, -0.05) is 42.5 Å². The molecule has 0 spiro atoms. The first kappa shape index (κ1) is 24.8. The van der Waals surface area contributed by atoms with Crippen LogP contribution in [0.25, 0.3) is 10.9 Å². The molecule has 1 saturated heterocycles. The molecule has 1 aromatic carbocycles. The van der Waals surface area contributed by atoms with E-state index in [1.807, 2.05) is 17.2 Å². The molecule has 3 heterocycles. The van der Waals surface area contributed by atoms with E-state index in [1.165, 1.54) is 24.3 Å². The third-order valence-corrected chi connectivity index (χ3v) is 8.08. The lowest BCUT2D eigenvalue weighted by molar-refractivity contribution is -0.128. The van der Waals surface area contributed by atoms with Crippen LogP contribution in [0.3, 0.4) is 0 Å². The Morgan fingerprint density at radius 3 is 2.83 bits per heavy atom. The van der Waals surface area contributed by atoms with Crippen molar-refractivity contribution in [1.82, 2.24) is 20.1 Å². The predicted octanol–water partition coefficient (Wildman–Crippen LogP) is 5.34. The van der Waals surface area contributed by atoms with Crippen molar-refractivity contribution in [3.63, 3.8) is 0 Å². The van der Waals surface area contributed by atoms with Crippen LogP contribution in [0.4, 0.5) is 0 Å². The van der Waals surface area contributed by atoms with Gasteiger partial charge in [-0.15, -0.1) is 0 Å². The minimum atomic E-state index is 0.0434. The number of benzene rings is 1. The summed E-state index contributed by atoms with van der Waals surface area (Å²) in [5.74, 6) is 0.0434. The molecule has 1 aromatic heterocycles. The Balaban J connectivity index is 1.24. The van der Waals surface area contributed by atoms with E-state index in [9.17, 15) is 4.79 Å². The van der Waals surface area contributed by atoms with Crippen molar-refractivity contribution in [1.29, 1.82) is 0 Å². The molecule has 6 nitrogen and oxygen atoms in total. The fourth-order valence-corrected chi connectivity index (χ4v) is 5.99. The third-order valence-electron chi connectivity index (χ3n) is 7.78. The summed E-state index contributed by atoms with van der Waals surface area (Å²) in [5.41, 5.74) is 4.37. The highest BCUT2D eigenvalue weighted by Gasteiger charge is 2.30. The number of piperazine rings is 1. The van der Waals surface area contributed by atoms with Crippen LogP contribution < -0.4 is 5.32 Å². The van der Waals surface area contributed by atoms with E-state index in [2.05, 4.69) is 52.3 Å². The Morgan fingerprint density at radius 1 is 1.17 bits per heavy atom. The van der Waals surface area contributed by atoms with Crippen LogP contribution in [0.5, 0.6) is 0 Å². The average molecular weight is 506 g/mol. The second-order valence-corrected chi connectivity index (χ2v) is 10.4. The monoisotopic (exact) mass is 505 g/mol. The van der Waals surface area contributed by atoms with Crippen molar-refractivity contribution in [2.75, 3.05) is 26.2 Å². The van der Waals surface area contributed by atoms with Gasteiger partial charge < -0.3 is 15.2 Å². The smallest absolute Gasteiger partial charge is 0.246 e. The van der Waals surface area contributed by atoms with Crippen LogP contribution in [0.15, 0.2) is 71.1 Å². The van der Waals surface area contributed by atoms with Gasteiger partial charge in [-0.05, 0) is 57.1 Å². The highest BCUT2D eigenvalue weighted by molar-refractivity contribution is 6.32. The number of para-hydroxylation sites is 1. The fraction of sp³-hybridized carbons (Fsp3) is 0.448. The first-order valence-corrected chi connectivity index (χ1v) is 13.6. The molecule has 36 heavy (non-hydrogen) atoms. The Kier molecular flexibility index (Phi) is 7.93. The van der Waals surface area contributed by atoms with Crippen molar-refractivity contribution in [2.24, 2.45) is 4.99 Å².